The van der Waals surface area contributed by atoms with Gasteiger partial charge in [-0.3, -0.25) is 5.41 Å². The molecule has 0 atom stereocenters. The molecule has 1 aromatic rings. The van der Waals surface area contributed by atoms with E-state index in [0.29, 0.717) is 6.42 Å². The molecule has 0 radical (unpaired) electrons. The highest BCUT2D eigenvalue weighted by Crippen LogP contribution is 2.13. The molecule has 0 aliphatic rings. The van der Waals surface area contributed by atoms with Crippen LogP contribution in [-0.4, -0.2) is 11.6 Å². The van der Waals surface area contributed by atoms with E-state index in [1.54, 1.807) is 0 Å². The van der Waals surface area contributed by atoms with E-state index in [1.807, 2.05) is 11.8 Å². The van der Waals surface area contributed by atoms with Gasteiger partial charge in [0.05, 0.1) is 5.84 Å². The van der Waals surface area contributed by atoms with Crippen LogP contribution in [0.2, 0.25) is 0 Å². The lowest BCUT2D eigenvalue weighted by Crippen LogP contribution is -2.09. The van der Waals surface area contributed by atoms with Crippen molar-refractivity contribution in [1.29, 1.82) is 5.41 Å². The second-order valence-electron chi connectivity index (χ2n) is 3.32. The second-order valence-corrected chi connectivity index (χ2v) is 4.42. The van der Waals surface area contributed by atoms with E-state index in [2.05, 4.69) is 31.2 Å². The molecule has 0 saturated heterocycles. The number of hydrogen-bond donors (Lipinski definition) is 2. The van der Waals surface area contributed by atoms with Crippen LogP contribution in [0.25, 0.3) is 0 Å². The summed E-state index contributed by atoms with van der Waals surface area (Å²) in [7, 11) is 0. The van der Waals surface area contributed by atoms with Crippen molar-refractivity contribution in [2.75, 3.05) is 5.75 Å². The summed E-state index contributed by atoms with van der Waals surface area (Å²) in [6, 6.07) is 8.51. The van der Waals surface area contributed by atoms with Crippen LogP contribution in [0.4, 0.5) is 0 Å². The third-order valence-electron chi connectivity index (χ3n) is 1.87. The summed E-state index contributed by atoms with van der Waals surface area (Å²) in [4.78, 5) is 0. The molecular weight excluding hydrogens is 192 g/mol. The molecule has 0 heterocycles. The van der Waals surface area contributed by atoms with Gasteiger partial charge in [0.15, 0.2) is 0 Å². The Balaban J connectivity index is 2.28. The first-order chi connectivity index (χ1) is 6.68. The molecule has 2 nitrogen and oxygen atoms in total. The number of rotatable bonds is 5. The summed E-state index contributed by atoms with van der Waals surface area (Å²) in [5, 5.41) is 7.08. The van der Waals surface area contributed by atoms with Crippen LogP contribution in [-0.2, 0) is 5.75 Å². The summed E-state index contributed by atoms with van der Waals surface area (Å²) < 4.78 is 0. The van der Waals surface area contributed by atoms with Crippen LogP contribution in [0.5, 0.6) is 0 Å². The van der Waals surface area contributed by atoms with Crippen molar-refractivity contribution in [2.24, 2.45) is 5.73 Å². The zero-order chi connectivity index (χ0) is 10.4. The van der Waals surface area contributed by atoms with Gasteiger partial charge >= 0.3 is 0 Å². The number of thioether (sulfide) groups is 1. The van der Waals surface area contributed by atoms with E-state index < -0.39 is 0 Å². The number of nitrogens with one attached hydrogen (secondary N) is 1. The maximum Gasteiger partial charge on any atom is 0.0913 e. The topological polar surface area (TPSA) is 49.9 Å². The minimum Gasteiger partial charge on any atom is -0.388 e. The third kappa shape index (κ3) is 4.33. The molecule has 14 heavy (non-hydrogen) atoms. The van der Waals surface area contributed by atoms with Crippen molar-refractivity contribution in [3.05, 3.63) is 35.4 Å². The van der Waals surface area contributed by atoms with Crippen LogP contribution in [0.1, 0.15) is 17.5 Å². The van der Waals surface area contributed by atoms with E-state index in [-0.39, 0.29) is 5.84 Å². The van der Waals surface area contributed by atoms with E-state index in [9.17, 15) is 0 Å². The highest BCUT2D eigenvalue weighted by atomic mass is 32.2. The number of aryl methyl sites for hydroxylation is 1. The van der Waals surface area contributed by atoms with Gasteiger partial charge in [-0.1, -0.05) is 29.8 Å². The molecule has 0 bridgehead atoms. The van der Waals surface area contributed by atoms with Gasteiger partial charge < -0.3 is 5.73 Å². The van der Waals surface area contributed by atoms with E-state index in [4.69, 9.17) is 11.1 Å². The molecule has 1 rings (SSSR count). The van der Waals surface area contributed by atoms with Crippen LogP contribution >= 0.6 is 11.8 Å². The van der Waals surface area contributed by atoms with Crippen molar-refractivity contribution >= 4 is 17.6 Å². The first-order valence-corrected chi connectivity index (χ1v) is 5.80. The van der Waals surface area contributed by atoms with Gasteiger partial charge in [0.2, 0.25) is 0 Å². The lowest BCUT2D eigenvalue weighted by molar-refractivity contribution is 1.22. The Labute approximate surface area is 89.4 Å². The smallest absolute Gasteiger partial charge is 0.0913 e. The quantitative estimate of drug-likeness (QED) is 0.444. The van der Waals surface area contributed by atoms with Gasteiger partial charge in [-0.05, 0) is 12.5 Å². The van der Waals surface area contributed by atoms with Crippen LogP contribution in [0.15, 0.2) is 24.3 Å². The summed E-state index contributed by atoms with van der Waals surface area (Å²) >= 11 is 1.82. The molecule has 0 spiro atoms. The second kappa shape index (κ2) is 5.70. The van der Waals surface area contributed by atoms with Crippen molar-refractivity contribution < 1.29 is 0 Å². The van der Waals surface area contributed by atoms with Crippen LogP contribution < -0.4 is 5.73 Å². The normalized spacial score (nSPS) is 10.1. The van der Waals surface area contributed by atoms with E-state index >= 15 is 0 Å². The fourth-order valence-corrected chi connectivity index (χ4v) is 2.10. The van der Waals surface area contributed by atoms with Crippen molar-refractivity contribution in [2.45, 2.75) is 19.1 Å². The number of nitrogens with two attached hydrogens (primary N) is 1. The number of benzene rings is 1. The fraction of sp³-hybridized carbons (Fsp3) is 0.364. The minimum atomic E-state index is 0.279. The largest absolute Gasteiger partial charge is 0.388 e. The molecular formula is C11H16N2S. The summed E-state index contributed by atoms with van der Waals surface area (Å²) in [5.41, 5.74) is 7.91. The maximum absolute atomic E-state index is 7.08. The molecule has 0 aromatic heterocycles. The zero-order valence-electron chi connectivity index (χ0n) is 8.42. The average Bonchev–Trinajstić information content (AvgIpc) is 2.12. The van der Waals surface area contributed by atoms with Crippen molar-refractivity contribution in [3.8, 4) is 0 Å². The standard InChI is InChI=1S/C11H16N2S/c1-9-3-2-4-10(7-9)8-14-6-5-11(12)13/h2-4,7H,5-6,8H2,1H3,(H3,12,13). The summed E-state index contributed by atoms with van der Waals surface area (Å²) in [6.45, 7) is 2.10. The highest BCUT2D eigenvalue weighted by molar-refractivity contribution is 7.98. The van der Waals surface area contributed by atoms with E-state index in [1.165, 1.54) is 11.1 Å². The van der Waals surface area contributed by atoms with Gasteiger partial charge in [0.25, 0.3) is 0 Å². The Bertz CT molecular complexity index is 310. The van der Waals surface area contributed by atoms with E-state index in [0.717, 1.165) is 11.5 Å². The molecule has 76 valence electrons. The SMILES string of the molecule is Cc1cccc(CSCCC(=N)N)c1. The fourth-order valence-electron chi connectivity index (χ4n) is 1.17. The average molecular weight is 208 g/mol. The van der Waals surface area contributed by atoms with Crippen molar-refractivity contribution in [1.82, 2.24) is 0 Å². The highest BCUT2D eigenvalue weighted by Gasteiger charge is 1.95. The summed E-state index contributed by atoms with van der Waals surface area (Å²) in [6.07, 6.45) is 0.691. The molecule has 0 unspecified atom stereocenters. The third-order valence-corrected chi connectivity index (χ3v) is 2.90. The van der Waals surface area contributed by atoms with Gasteiger partial charge in [0, 0.05) is 17.9 Å². The number of amidine groups is 1. The Morgan fingerprint density at radius 3 is 2.93 bits per heavy atom. The Hall–Kier alpha value is -0.960. The van der Waals surface area contributed by atoms with Crippen LogP contribution in [0, 0.1) is 12.3 Å². The van der Waals surface area contributed by atoms with Crippen molar-refractivity contribution in [3.63, 3.8) is 0 Å². The van der Waals surface area contributed by atoms with Gasteiger partial charge in [-0.2, -0.15) is 11.8 Å². The van der Waals surface area contributed by atoms with Gasteiger partial charge in [0.1, 0.15) is 0 Å². The first kappa shape index (κ1) is 11.1. The van der Waals surface area contributed by atoms with Crippen LogP contribution in [0.3, 0.4) is 0 Å². The Morgan fingerprint density at radius 1 is 1.50 bits per heavy atom. The lowest BCUT2D eigenvalue weighted by Gasteiger charge is -2.02. The molecule has 0 saturated carbocycles. The predicted octanol–water partition coefficient (Wildman–Crippen LogP) is 2.55. The molecule has 0 aliphatic carbocycles. The van der Waals surface area contributed by atoms with Gasteiger partial charge in [-0.15, -0.1) is 0 Å². The molecule has 3 N–H and O–H groups in total. The first-order valence-electron chi connectivity index (χ1n) is 4.64. The molecule has 1 aromatic carbocycles. The zero-order valence-corrected chi connectivity index (χ0v) is 9.23. The lowest BCUT2D eigenvalue weighted by atomic mass is 10.2. The Morgan fingerprint density at radius 2 is 2.29 bits per heavy atom. The Kier molecular flexibility index (Phi) is 4.53. The maximum atomic E-state index is 7.08. The molecule has 0 fully saturated rings. The predicted molar refractivity (Wildman–Crippen MR) is 63.9 cm³/mol. The van der Waals surface area contributed by atoms with Gasteiger partial charge in [-0.25, -0.2) is 0 Å². The molecule has 0 amide bonds. The molecule has 3 heteroatoms. The minimum absolute atomic E-state index is 0.279. The molecule has 0 aliphatic heterocycles. The summed E-state index contributed by atoms with van der Waals surface area (Å²) in [5.74, 6) is 2.22. The monoisotopic (exact) mass is 208 g/mol. The number of hydrogen-bond acceptors (Lipinski definition) is 2.